The van der Waals surface area contributed by atoms with Crippen molar-refractivity contribution >= 4 is 29.3 Å². The van der Waals surface area contributed by atoms with Crippen LogP contribution in [0.4, 0.5) is 10.5 Å². The van der Waals surface area contributed by atoms with Crippen LogP contribution in [0.2, 0.25) is 5.02 Å². The number of nitrogens with one attached hydrogen (secondary N) is 2. The number of hydrogen-bond donors (Lipinski definition) is 3. The lowest BCUT2D eigenvalue weighted by atomic mass is 9.96. The second kappa shape index (κ2) is 7.88. The van der Waals surface area contributed by atoms with Gasteiger partial charge in [-0.1, -0.05) is 38.3 Å². The van der Waals surface area contributed by atoms with E-state index in [0.29, 0.717) is 11.6 Å². The molecule has 0 bridgehead atoms. The molecular weight excluding hydrogens is 292 g/mol. The molecule has 0 aromatic heterocycles. The van der Waals surface area contributed by atoms with Gasteiger partial charge in [-0.05, 0) is 31.0 Å². The maximum atomic E-state index is 11.9. The van der Waals surface area contributed by atoms with Crippen LogP contribution in [0.25, 0.3) is 0 Å². The van der Waals surface area contributed by atoms with Crippen LogP contribution in [0.3, 0.4) is 0 Å². The van der Waals surface area contributed by atoms with E-state index < -0.39 is 5.97 Å². The Kier molecular flexibility index (Phi) is 6.49. The Hall–Kier alpha value is -1.75. The highest BCUT2D eigenvalue weighted by atomic mass is 35.5. The van der Waals surface area contributed by atoms with Crippen LogP contribution in [-0.4, -0.2) is 23.1 Å². The van der Waals surface area contributed by atoms with Gasteiger partial charge >= 0.3 is 12.0 Å². The fourth-order valence-corrected chi connectivity index (χ4v) is 2.51. The predicted molar refractivity (Wildman–Crippen MR) is 84.1 cm³/mol. The zero-order valence-electron chi connectivity index (χ0n) is 12.4. The van der Waals surface area contributed by atoms with E-state index >= 15 is 0 Å². The molecule has 5 nitrogen and oxygen atoms in total. The Bertz CT molecular complexity index is 516. The normalized spacial score (nSPS) is 12.0. The number of amides is 2. The summed E-state index contributed by atoms with van der Waals surface area (Å²) in [5.74, 6) is -0.684. The van der Waals surface area contributed by atoms with Gasteiger partial charge in [0.05, 0.1) is 5.56 Å². The number of carbonyl (C=O) groups excluding carboxylic acids is 1. The topological polar surface area (TPSA) is 78.4 Å². The minimum atomic E-state index is -1.09. The smallest absolute Gasteiger partial charge is 0.335 e. The zero-order valence-corrected chi connectivity index (χ0v) is 13.2. The summed E-state index contributed by atoms with van der Waals surface area (Å²) in [5.41, 5.74) is 0.389. The quantitative estimate of drug-likeness (QED) is 0.743. The summed E-state index contributed by atoms with van der Waals surface area (Å²) in [6.45, 7) is 6.12. The van der Waals surface area contributed by atoms with Gasteiger partial charge in [0.2, 0.25) is 0 Å². The number of carboxylic acids is 1. The lowest BCUT2D eigenvalue weighted by molar-refractivity contribution is 0.0697. The average molecular weight is 313 g/mol. The number of carboxylic acid groups (broad SMARTS) is 1. The van der Waals surface area contributed by atoms with Crippen molar-refractivity contribution in [3.05, 3.63) is 28.8 Å². The molecule has 1 aromatic carbocycles. The van der Waals surface area contributed by atoms with Crippen LogP contribution < -0.4 is 10.6 Å². The van der Waals surface area contributed by atoms with Crippen molar-refractivity contribution < 1.29 is 14.7 Å². The number of benzene rings is 1. The van der Waals surface area contributed by atoms with Crippen molar-refractivity contribution in [3.63, 3.8) is 0 Å². The minimum Gasteiger partial charge on any atom is -0.478 e. The second-order valence-corrected chi connectivity index (χ2v) is 5.43. The molecule has 1 unspecified atom stereocenters. The third-order valence-corrected chi connectivity index (χ3v) is 3.74. The fraction of sp³-hybridized carbons (Fsp3) is 0.467. The lowest BCUT2D eigenvalue weighted by Gasteiger charge is -2.22. The number of hydrogen-bond acceptors (Lipinski definition) is 2. The molecule has 21 heavy (non-hydrogen) atoms. The largest absolute Gasteiger partial charge is 0.478 e. The van der Waals surface area contributed by atoms with Crippen molar-refractivity contribution in [1.29, 1.82) is 0 Å². The monoisotopic (exact) mass is 312 g/mol. The fourth-order valence-electron chi connectivity index (χ4n) is 2.27. The minimum absolute atomic E-state index is 0.0332. The molecular formula is C15H21ClN2O3. The van der Waals surface area contributed by atoms with Crippen LogP contribution in [-0.2, 0) is 0 Å². The van der Waals surface area contributed by atoms with Gasteiger partial charge in [-0.15, -0.1) is 0 Å². The summed E-state index contributed by atoms with van der Waals surface area (Å²) < 4.78 is 0. The van der Waals surface area contributed by atoms with Crippen LogP contribution in [0.5, 0.6) is 0 Å². The molecule has 0 spiro atoms. The Labute approximate surface area is 129 Å². The van der Waals surface area contributed by atoms with E-state index in [-0.39, 0.29) is 22.7 Å². The molecule has 3 N–H and O–H groups in total. The third kappa shape index (κ3) is 5.27. The van der Waals surface area contributed by atoms with E-state index in [1.54, 1.807) is 0 Å². The first-order valence-electron chi connectivity index (χ1n) is 6.98. The van der Waals surface area contributed by atoms with E-state index in [1.165, 1.54) is 18.2 Å². The average Bonchev–Trinajstić information content (AvgIpc) is 2.38. The van der Waals surface area contributed by atoms with E-state index in [9.17, 15) is 9.59 Å². The summed E-state index contributed by atoms with van der Waals surface area (Å²) in [5, 5.41) is 14.7. The highest BCUT2D eigenvalue weighted by Crippen LogP contribution is 2.19. The van der Waals surface area contributed by atoms with E-state index in [2.05, 4.69) is 24.5 Å². The predicted octanol–water partition coefficient (Wildman–Crippen LogP) is 3.98. The number of anilines is 1. The van der Waals surface area contributed by atoms with Gasteiger partial charge in [0.25, 0.3) is 0 Å². The number of halogens is 1. The second-order valence-electron chi connectivity index (χ2n) is 5.00. The van der Waals surface area contributed by atoms with Crippen molar-refractivity contribution in [2.75, 3.05) is 5.32 Å². The summed E-state index contributed by atoms with van der Waals surface area (Å²) in [7, 11) is 0. The molecule has 0 aliphatic carbocycles. The molecule has 0 radical (unpaired) electrons. The first-order valence-corrected chi connectivity index (χ1v) is 7.36. The Morgan fingerprint density at radius 1 is 1.24 bits per heavy atom. The van der Waals surface area contributed by atoms with Gasteiger partial charge < -0.3 is 15.7 Å². The van der Waals surface area contributed by atoms with E-state index in [1.807, 2.05) is 6.92 Å². The molecule has 1 atom stereocenters. The Morgan fingerprint density at radius 2 is 1.86 bits per heavy atom. The zero-order chi connectivity index (χ0) is 16.0. The van der Waals surface area contributed by atoms with Gasteiger partial charge in [-0.3, -0.25) is 0 Å². The van der Waals surface area contributed by atoms with Crippen LogP contribution in [0.15, 0.2) is 18.2 Å². The van der Waals surface area contributed by atoms with Crippen molar-refractivity contribution in [1.82, 2.24) is 5.32 Å². The van der Waals surface area contributed by atoms with Gasteiger partial charge in [0, 0.05) is 16.8 Å². The molecule has 0 aliphatic rings. The van der Waals surface area contributed by atoms with Crippen LogP contribution in [0, 0.1) is 5.92 Å². The summed E-state index contributed by atoms with van der Waals surface area (Å²) in [4.78, 5) is 22.9. The molecule has 1 rings (SSSR count). The third-order valence-electron chi connectivity index (χ3n) is 3.52. The summed E-state index contributed by atoms with van der Waals surface area (Å²) in [6.07, 6.45) is 1.97. The molecule has 1 aromatic rings. The van der Waals surface area contributed by atoms with Gasteiger partial charge in [-0.25, -0.2) is 9.59 Å². The number of aromatic carboxylic acids is 1. The van der Waals surface area contributed by atoms with Gasteiger partial charge in [0.1, 0.15) is 0 Å². The van der Waals surface area contributed by atoms with Crippen LogP contribution in [0.1, 0.15) is 44.0 Å². The number of rotatable bonds is 6. The maximum absolute atomic E-state index is 11.9. The molecule has 0 fully saturated rings. The van der Waals surface area contributed by atoms with E-state index in [4.69, 9.17) is 16.7 Å². The van der Waals surface area contributed by atoms with Crippen molar-refractivity contribution in [3.8, 4) is 0 Å². The standard InChI is InChI=1S/C15H21ClN2O3/c1-4-10(5-2)9(3)17-15(21)18-13-7-11(14(19)20)6-12(16)8-13/h6-10H,4-5H2,1-3H3,(H,19,20)(H2,17,18,21). The van der Waals surface area contributed by atoms with Gasteiger partial charge in [-0.2, -0.15) is 0 Å². The molecule has 6 heteroatoms. The lowest BCUT2D eigenvalue weighted by Crippen LogP contribution is -2.40. The number of carbonyl (C=O) groups is 2. The highest BCUT2D eigenvalue weighted by molar-refractivity contribution is 6.31. The highest BCUT2D eigenvalue weighted by Gasteiger charge is 2.16. The Morgan fingerprint density at radius 3 is 2.38 bits per heavy atom. The number of urea groups is 1. The molecule has 2 amide bonds. The SMILES string of the molecule is CCC(CC)C(C)NC(=O)Nc1cc(Cl)cc(C(=O)O)c1. The molecule has 0 saturated carbocycles. The molecule has 0 heterocycles. The van der Waals surface area contributed by atoms with E-state index in [0.717, 1.165) is 12.8 Å². The van der Waals surface area contributed by atoms with Crippen molar-refractivity contribution in [2.45, 2.75) is 39.7 Å². The first kappa shape index (κ1) is 17.3. The first-order chi connectivity index (χ1) is 9.87. The van der Waals surface area contributed by atoms with Crippen LogP contribution >= 0.6 is 11.6 Å². The molecule has 0 aliphatic heterocycles. The summed E-state index contributed by atoms with van der Waals surface area (Å²) in [6, 6.07) is 3.89. The Balaban J connectivity index is 2.73. The molecule has 0 saturated heterocycles. The van der Waals surface area contributed by atoms with Crippen molar-refractivity contribution in [2.24, 2.45) is 5.92 Å². The van der Waals surface area contributed by atoms with Gasteiger partial charge in [0.15, 0.2) is 0 Å². The summed E-state index contributed by atoms with van der Waals surface area (Å²) >= 11 is 5.84. The molecule has 116 valence electrons. The maximum Gasteiger partial charge on any atom is 0.335 e.